The SMILES string of the molecule is Cc1ccc(NC(=O)N2C3CC(C)CC2C3)cc1C. The Morgan fingerprint density at radius 3 is 2.47 bits per heavy atom. The number of piperidine rings is 1. The van der Waals surface area contributed by atoms with Crippen molar-refractivity contribution >= 4 is 11.7 Å². The summed E-state index contributed by atoms with van der Waals surface area (Å²) in [5.41, 5.74) is 3.38. The molecule has 2 amide bonds. The first kappa shape index (κ1) is 12.5. The molecular formula is C16H22N2O. The molecule has 1 aromatic carbocycles. The molecule has 0 spiro atoms. The van der Waals surface area contributed by atoms with Gasteiger partial charge in [0.1, 0.15) is 0 Å². The number of nitrogens with one attached hydrogen (secondary N) is 1. The van der Waals surface area contributed by atoms with E-state index >= 15 is 0 Å². The van der Waals surface area contributed by atoms with E-state index in [4.69, 9.17) is 0 Å². The van der Waals surface area contributed by atoms with Gasteiger partial charge in [-0.15, -0.1) is 0 Å². The maximum absolute atomic E-state index is 12.3. The van der Waals surface area contributed by atoms with Crippen LogP contribution < -0.4 is 5.32 Å². The standard InChI is InChI=1S/C16H22N2O/c1-10-6-14-9-15(7-10)18(14)16(19)17-13-5-4-11(2)12(3)8-13/h4-5,8,10,14-15H,6-7,9H2,1-3H3,(H,17,19). The Bertz CT molecular complexity index is 499. The number of hydrogen-bond donors (Lipinski definition) is 1. The number of benzene rings is 1. The monoisotopic (exact) mass is 258 g/mol. The molecule has 0 aromatic heterocycles. The zero-order valence-electron chi connectivity index (χ0n) is 11.9. The van der Waals surface area contributed by atoms with Crippen molar-refractivity contribution in [3.8, 4) is 0 Å². The molecule has 0 radical (unpaired) electrons. The smallest absolute Gasteiger partial charge is 0.318 e. The summed E-state index contributed by atoms with van der Waals surface area (Å²) < 4.78 is 0. The molecule has 2 atom stereocenters. The van der Waals surface area contributed by atoms with Crippen LogP contribution in [-0.4, -0.2) is 23.0 Å². The Balaban J connectivity index is 1.67. The van der Waals surface area contributed by atoms with E-state index in [9.17, 15) is 4.79 Å². The lowest BCUT2D eigenvalue weighted by atomic mass is 9.74. The fraction of sp³-hybridized carbons (Fsp3) is 0.562. The zero-order valence-corrected chi connectivity index (χ0v) is 11.9. The van der Waals surface area contributed by atoms with Gasteiger partial charge in [-0.25, -0.2) is 4.79 Å². The van der Waals surface area contributed by atoms with E-state index in [2.05, 4.69) is 37.1 Å². The predicted octanol–water partition coefficient (Wildman–Crippen LogP) is 3.71. The summed E-state index contributed by atoms with van der Waals surface area (Å²) in [5, 5.41) is 3.04. The quantitative estimate of drug-likeness (QED) is 0.818. The van der Waals surface area contributed by atoms with Gasteiger partial charge in [-0.1, -0.05) is 13.0 Å². The normalized spacial score (nSPS) is 28.8. The maximum atomic E-state index is 12.3. The Morgan fingerprint density at radius 2 is 1.84 bits per heavy atom. The lowest BCUT2D eigenvalue weighted by Gasteiger charge is -2.54. The summed E-state index contributed by atoms with van der Waals surface area (Å²) in [7, 11) is 0. The first-order valence-corrected chi connectivity index (χ1v) is 7.21. The molecule has 3 nitrogen and oxygen atoms in total. The van der Waals surface area contributed by atoms with Crippen molar-refractivity contribution in [1.82, 2.24) is 4.90 Å². The minimum Gasteiger partial charge on any atom is -0.318 e. The van der Waals surface area contributed by atoms with Crippen molar-refractivity contribution in [2.45, 2.75) is 52.1 Å². The molecule has 102 valence electrons. The Labute approximate surface area is 115 Å². The zero-order chi connectivity index (χ0) is 13.6. The number of rotatable bonds is 1. The third kappa shape index (κ3) is 2.22. The third-order valence-corrected chi connectivity index (χ3v) is 4.67. The van der Waals surface area contributed by atoms with Crippen molar-refractivity contribution in [2.75, 3.05) is 5.32 Å². The Kier molecular flexibility index (Phi) is 3.00. The van der Waals surface area contributed by atoms with Crippen LogP contribution in [-0.2, 0) is 0 Å². The average Bonchev–Trinajstić information content (AvgIpc) is 2.33. The summed E-state index contributed by atoms with van der Waals surface area (Å²) in [6.45, 7) is 6.45. The second-order valence-corrected chi connectivity index (χ2v) is 6.26. The third-order valence-electron chi connectivity index (χ3n) is 4.67. The van der Waals surface area contributed by atoms with Crippen LogP contribution in [0.3, 0.4) is 0 Å². The molecule has 1 N–H and O–H groups in total. The lowest BCUT2D eigenvalue weighted by molar-refractivity contribution is -0.00600. The number of anilines is 1. The van der Waals surface area contributed by atoms with Gasteiger partial charge in [-0.2, -0.15) is 0 Å². The number of aryl methyl sites for hydroxylation is 2. The van der Waals surface area contributed by atoms with Crippen molar-refractivity contribution in [3.05, 3.63) is 29.3 Å². The summed E-state index contributed by atoms with van der Waals surface area (Å²) in [6.07, 6.45) is 3.53. The molecule has 2 aliphatic heterocycles. The summed E-state index contributed by atoms with van der Waals surface area (Å²) in [5.74, 6) is 0.773. The second kappa shape index (κ2) is 4.55. The van der Waals surface area contributed by atoms with E-state index in [0.29, 0.717) is 12.1 Å². The summed E-state index contributed by atoms with van der Waals surface area (Å²) in [6, 6.07) is 7.12. The first-order valence-electron chi connectivity index (χ1n) is 7.21. The fourth-order valence-corrected chi connectivity index (χ4v) is 3.48. The number of hydrogen-bond acceptors (Lipinski definition) is 1. The van der Waals surface area contributed by atoms with Crippen molar-refractivity contribution in [1.29, 1.82) is 0 Å². The second-order valence-electron chi connectivity index (χ2n) is 6.26. The van der Waals surface area contributed by atoms with Crippen LogP contribution >= 0.6 is 0 Å². The van der Waals surface area contributed by atoms with E-state index < -0.39 is 0 Å². The Hall–Kier alpha value is -1.51. The summed E-state index contributed by atoms with van der Waals surface area (Å²) >= 11 is 0. The van der Waals surface area contributed by atoms with Crippen molar-refractivity contribution in [2.24, 2.45) is 5.92 Å². The van der Waals surface area contributed by atoms with Crippen LogP contribution in [0.1, 0.15) is 37.3 Å². The Morgan fingerprint density at radius 1 is 1.16 bits per heavy atom. The van der Waals surface area contributed by atoms with E-state index in [1.165, 1.54) is 17.5 Å². The van der Waals surface area contributed by atoms with Crippen LogP contribution in [0.4, 0.5) is 10.5 Å². The van der Waals surface area contributed by atoms with E-state index in [-0.39, 0.29) is 6.03 Å². The highest BCUT2D eigenvalue weighted by Gasteiger charge is 2.46. The van der Waals surface area contributed by atoms with Gasteiger partial charge in [0.05, 0.1) is 0 Å². The number of carbonyl (C=O) groups is 1. The van der Waals surface area contributed by atoms with Crippen LogP contribution in [0.15, 0.2) is 18.2 Å². The number of amides is 2. The number of nitrogens with zero attached hydrogens (tertiary/aromatic N) is 1. The van der Waals surface area contributed by atoms with Crippen LogP contribution in [0.5, 0.6) is 0 Å². The van der Waals surface area contributed by atoms with Gasteiger partial charge in [-0.3, -0.25) is 0 Å². The maximum Gasteiger partial charge on any atom is 0.322 e. The van der Waals surface area contributed by atoms with Gasteiger partial charge in [0.2, 0.25) is 0 Å². The largest absolute Gasteiger partial charge is 0.322 e. The number of fused-ring (bicyclic) bond motifs is 2. The topological polar surface area (TPSA) is 32.3 Å². The van der Waals surface area contributed by atoms with Gasteiger partial charge in [0.25, 0.3) is 0 Å². The van der Waals surface area contributed by atoms with Gasteiger partial charge in [-0.05, 0) is 62.3 Å². The molecule has 2 aliphatic rings. The van der Waals surface area contributed by atoms with Gasteiger partial charge >= 0.3 is 6.03 Å². The molecule has 2 bridgehead atoms. The minimum atomic E-state index is 0.0800. The van der Waals surface area contributed by atoms with Gasteiger partial charge in [0, 0.05) is 17.8 Å². The molecule has 3 heteroatoms. The molecule has 19 heavy (non-hydrogen) atoms. The highest BCUT2D eigenvalue weighted by atomic mass is 16.2. The first-order chi connectivity index (χ1) is 9.04. The molecule has 2 heterocycles. The molecule has 2 unspecified atom stereocenters. The van der Waals surface area contributed by atoms with E-state index in [1.54, 1.807) is 0 Å². The highest BCUT2D eigenvalue weighted by Crippen LogP contribution is 2.41. The van der Waals surface area contributed by atoms with E-state index in [1.807, 2.05) is 12.1 Å². The molecule has 1 aromatic rings. The molecule has 2 saturated heterocycles. The molecule has 2 fully saturated rings. The molecule has 0 saturated carbocycles. The van der Waals surface area contributed by atoms with Crippen LogP contribution in [0, 0.1) is 19.8 Å². The molecule has 3 rings (SSSR count). The molecular weight excluding hydrogens is 236 g/mol. The average molecular weight is 258 g/mol. The lowest BCUT2D eigenvalue weighted by Crippen LogP contribution is -2.63. The van der Waals surface area contributed by atoms with E-state index in [0.717, 1.165) is 24.4 Å². The van der Waals surface area contributed by atoms with Crippen LogP contribution in [0.2, 0.25) is 0 Å². The predicted molar refractivity (Wildman–Crippen MR) is 77.4 cm³/mol. The molecule has 0 aliphatic carbocycles. The fourth-order valence-electron chi connectivity index (χ4n) is 3.48. The van der Waals surface area contributed by atoms with Crippen LogP contribution in [0.25, 0.3) is 0 Å². The minimum absolute atomic E-state index is 0.0800. The summed E-state index contributed by atoms with van der Waals surface area (Å²) in [4.78, 5) is 14.4. The highest BCUT2D eigenvalue weighted by molar-refractivity contribution is 5.90. The van der Waals surface area contributed by atoms with Crippen molar-refractivity contribution < 1.29 is 4.79 Å². The number of carbonyl (C=O) groups excluding carboxylic acids is 1. The van der Waals surface area contributed by atoms with Gasteiger partial charge < -0.3 is 10.2 Å². The number of urea groups is 1. The van der Waals surface area contributed by atoms with Crippen molar-refractivity contribution in [3.63, 3.8) is 0 Å². The van der Waals surface area contributed by atoms with Gasteiger partial charge in [0.15, 0.2) is 0 Å².